The van der Waals surface area contributed by atoms with Crippen molar-refractivity contribution in [2.45, 2.75) is 45.6 Å². The highest BCUT2D eigenvalue weighted by molar-refractivity contribution is 5.83. The summed E-state index contributed by atoms with van der Waals surface area (Å²) >= 11 is 0. The summed E-state index contributed by atoms with van der Waals surface area (Å²) in [6.45, 7) is 5.83. The van der Waals surface area contributed by atoms with Gasteiger partial charge in [-0.1, -0.05) is 6.92 Å². The third-order valence-corrected chi connectivity index (χ3v) is 1.73. The lowest BCUT2D eigenvalue weighted by Gasteiger charge is -2.26. The molecule has 2 nitrogen and oxygen atoms in total. The maximum atomic E-state index is 12.4. The third kappa shape index (κ3) is 3.64. The van der Waals surface area contributed by atoms with Crippen molar-refractivity contribution in [3.05, 3.63) is 0 Å². The topological polar surface area (TPSA) is 29.1 Å². The van der Waals surface area contributed by atoms with E-state index < -0.39 is 17.4 Å². The van der Waals surface area contributed by atoms with Crippen LogP contribution in [0.25, 0.3) is 0 Å². The van der Waals surface area contributed by atoms with Crippen LogP contribution in [0.3, 0.4) is 0 Å². The van der Waals surface area contributed by atoms with Crippen molar-refractivity contribution in [1.29, 1.82) is 0 Å². The van der Waals surface area contributed by atoms with E-state index in [9.17, 15) is 13.6 Å². The Hall–Kier alpha value is -0.670. The number of amides is 1. The molecule has 0 aromatic heterocycles. The Balaban J connectivity index is 4.20. The normalized spacial score (nSPS) is 12.8. The van der Waals surface area contributed by atoms with Crippen molar-refractivity contribution < 1.29 is 13.6 Å². The van der Waals surface area contributed by atoms with Crippen molar-refractivity contribution in [3.63, 3.8) is 0 Å². The van der Waals surface area contributed by atoms with Gasteiger partial charge in [-0.2, -0.15) is 8.78 Å². The highest BCUT2D eigenvalue weighted by Crippen LogP contribution is 2.15. The molecule has 0 aliphatic rings. The molecule has 4 heteroatoms. The average Bonchev–Trinajstić information content (AvgIpc) is 1.85. The number of halogens is 2. The van der Waals surface area contributed by atoms with Crippen LogP contribution in [-0.2, 0) is 4.79 Å². The van der Waals surface area contributed by atoms with Crippen LogP contribution < -0.4 is 5.32 Å². The molecule has 0 aromatic carbocycles. The van der Waals surface area contributed by atoms with Gasteiger partial charge in [-0.15, -0.1) is 0 Å². The summed E-state index contributed by atoms with van der Waals surface area (Å²) < 4.78 is 24.7. The first-order valence-corrected chi connectivity index (χ1v) is 3.89. The Morgan fingerprint density at radius 2 is 1.75 bits per heavy atom. The van der Waals surface area contributed by atoms with Gasteiger partial charge in [0.05, 0.1) is 0 Å². The first kappa shape index (κ1) is 11.3. The summed E-state index contributed by atoms with van der Waals surface area (Å²) in [5.41, 5.74) is -0.559. The highest BCUT2D eigenvalue weighted by atomic mass is 19.3. The second kappa shape index (κ2) is 3.37. The lowest BCUT2D eigenvalue weighted by atomic mass is 10.0. The molecule has 0 fully saturated rings. The van der Waals surface area contributed by atoms with E-state index in [1.54, 1.807) is 13.8 Å². The second-order valence-corrected chi connectivity index (χ2v) is 3.58. The highest BCUT2D eigenvalue weighted by Gasteiger charge is 2.35. The van der Waals surface area contributed by atoms with Gasteiger partial charge in [-0.25, -0.2) is 0 Å². The molecule has 0 saturated carbocycles. The standard InChI is InChI=1S/C8H15F2NO/c1-5-7(2,3)11-6(12)8(4,9)10/h5H2,1-4H3,(H,11,12). The van der Waals surface area contributed by atoms with Crippen LogP contribution in [-0.4, -0.2) is 17.4 Å². The summed E-state index contributed by atoms with van der Waals surface area (Å²) in [5, 5.41) is 2.26. The Bertz CT molecular complexity index is 172. The first-order valence-electron chi connectivity index (χ1n) is 3.89. The monoisotopic (exact) mass is 179 g/mol. The maximum Gasteiger partial charge on any atom is 0.321 e. The third-order valence-electron chi connectivity index (χ3n) is 1.73. The van der Waals surface area contributed by atoms with Crippen LogP contribution in [0.1, 0.15) is 34.1 Å². The van der Waals surface area contributed by atoms with Gasteiger partial charge in [-0.3, -0.25) is 4.79 Å². The first-order chi connectivity index (χ1) is 5.19. The lowest BCUT2D eigenvalue weighted by Crippen LogP contribution is -2.49. The van der Waals surface area contributed by atoms with E-state index in [4.69, 9.17) is 0 Å². The van der Waals surface area contributed by atoms with Gasteiger partial charge in [0.15, 0.2) is 0 Å². The van der Waals surface area contributed by atoms with Crippen LogP contribution in [0.5, 0.6) is 0 Å². The predicted molar refractivity (Wildman–Crippen MR) is 43.1 cm³/mol. The van der Waals surface area contributed by atoms with Crippen molar-refractivity contribution in [2.75, 3.05) is 0 Å². The van der Waals surface area contributed by atoms with E-state index in [0.29, 0.717) is 13.3 Å². The quantitative estimate of drug-likeness (QED) is 0.704. The zero-order valence-electron chi connectivity index (χ0n) is 7.87. The number of hydrogen-bond acceptors (Lipinski definition) is 1. The molecule has 1 N–H and O–H groups in total. The molecule has 0 rings (SSSR count). The van der Waals surface area contributed by atoms with Crippen LogP contribution in [0.15, 0.2) is 0 Å². The molecule has 0 radical (unpaired) electrons. The van der Waals surface area contributed by atoms with Gasteiger partial charge >= 0.3 is 5.92 Å². The maximum absolute atomic E-state index is 12.4. The minimum absolute atomic E-state index is 0.559. The smallest absolute Gasteiger partial charge is 0.321 e. The van der Waals surface area contributed by atoms with E-state index in [-0.39, 0.29) is 0 Å². The van der Waals surface area contributed by atoms with Gasteiger partial charge < -0.3 is 5.32 Å². The predicted octanol–water partition coefficient (Wildman–Crippen LogP) is 1.95. The summed E-state index contributed by atoms with van der Waals surface area (Å²) in [4.78, 5) is 10.8. The number of rotatable bonds is 3. The fourth-order valence-electron chi connectivity index (χ4n) is 0.505. The largest absolute Gasteiger partial charge is 0.346 e. The summed E-state index contributed by atoms with van der Waals surface area (Å²) in [7, 11) is 0. The zero-order valence-corrected chi connectivity index (χ0v) is 7.87. The van der Waals surface area contributed by atoms with E-state index in [2.05, 4.69) is 5.32 Å². The molecule has 72 valence electrons. The number of nitrogens with one attached hydrogen (secondary N) is 1. The van der Waals surface area contributed by atoms with Gasteiger partial charge in [0, 0.05) is 12.5 Å². The number of carbonyl (C=O) groups is 1. The molecule has 0 aliphatic heterocycles. The van der Waals surface area contributed by atoms with Crippen molar-refractivity contribution in [2.24, 2.45) is 0 Å². The molecule has 0 saturated heterocycles. The van der Waals surface area contributed by atoms with Crippen LogP contribution >= 0.6 is 0 Å². The summed E-state index contributed by atoms with van der Waals surface area (Å²) in [6, 6.07) is 0. The molecule has 0 aromatic rings. The van der Waals surface area contributed by atoms with Crippen LogP contribution in [0, 0.1) is 0 Å². The number of carbonyl (C=O) groups excluding carboxylic acids is 1. The molecular formula is C8H15F2NO. The van der Waals surface area contributed by atoms with E-state index in [1.807, 2.05) is 6.92 Å². The molecule has 0 bridgehead atoms. The Morgan fingerprint density at radius 1 is 1.33 bits per heavy atom. The lowest BCUT2D eigenvalue weighted by molar-refractivity contribution is -0.144. The van der Waals surface area contributed by atoms with Gasteiger partial charge in [0.25, 0.3) is 5.91 Å². The average molecular weight is 179 g/mol. The molecule has 0 heterocycles. The van der Waals surface area contributed by atoms with E-state index in [0.717, 1.165) is 0 Å². The minimum Gasteiger partial charge on any atom is -0.346 e. The fraction of sp³-hybridized carbons (Fsp3) is 0.875. The molecule has 12 heavy (non-hydrogen) atoms. The summed E-state index contributed by atoms with van der Waals surface area (Å²) in [6.07, 6.45) is 0.620. The number of hydrogen-bond donors (Lipinski definition) is 1. The molecule has 1 amide bonds. The SMILES string of the molecule is CCC(C)(C)NC(=O)C(C)(F)F. The van der Waals surface area contributed by atoms with Gasteiger partial charge in [0.1, 0.15) is 0 Å². The van der Waals surface area contributed by atoms with Crippen LogP contribution in [0.4, 0.5) is 8.78 Å². The van der Waals surface area contributed by atoms with Crippen molar-refractivity contribution >= 4 is 5.91 Å². The number of alkyl halides is 2. The Kier molecular flexibility index (Phi) is 3.18. The van der Waals surface area contributed by atoms with Crippen molar-refractivity contribution in [3.8, 4) is 0 Å². The van der Waals surface area contributed by atoms with Gasteiger partial charge in [-0.05, 0) is 20.3 Å². The van der Waals surface area contributed by atoms with E-state index >= 15 is 0 Å². The molecular weight excluding hydrogens is 164 g/mol. The molecule has 0 aliphatic carbocycles. The fourth-order valence-corrected chi connectivity index (χ4v) is 0.505. The second-order valence-electron chi connectivity index (χ2n) is 3.58. The minimum atomic E-state index is -3.29. The van der Waals surface area contributed by atoms with E-state index in [1.165, 1.54) is 0 Å². The van der Waals surface area contributed by atoms with Crippen molar-refractivity contribution in [1.82, 2.24) is 5.32 Å². The molecule has 0 spiro atoms. The zero-order chi connectivity index (χ0) is 9.99. The molecule has 0 unspecified atom stereocenters. The summed E-state index contributed by atoms with van der Waals surface area (Å²) in [5.74, 6) is -4.50. The Labute approximate surface area is 71.3 Å². The Morgan fingerprint density at radius 3 is 2.00 bits per heavy atom. The molecule has 0 atom stereocenters. The van der Waals surface area contributed by atoms with Gasteiger partial charge in [0.2, 0.25) is 0 Å². The van der Waals surface area contributed by atoms with Crippen LogP contribution in [0.2, 0.25) is 0 Å².